The van der Waals surface area contributed by atoms with Crippen molar-refractivity contribution in [2.45, 2.75) is 18.6 Å². The van der Waals surface area contributed by atoms with Gasteiger partial charge in [0.25, 0.3) is 5.56 Å². The van der Waals surface area contributed by atoms with Crippen molar-refractivity contribution in [2.24, 2.45) is 5.73 Å². The zero-order valence-electron chi connectivity index (χ0n) is 7.98. The standard InChI is InChI=1S/C9H13ClN2O3/c10-6-3-5(4-12-9(6)15)8(14)7(13)1-2-11/h3-4,7-8,13-14H,1-2,11H2,(H,12,15). The molecule has 0 radical (unpaired) electrons. The fourth-order valence-corrected chi connectivity index (χ4v) is 1.37. The minimum Gasteiger partial charge on any atom is -0.390 e. The lowest BCUT2D eigenvalue weighted by atomic mass is 10.0. The van der Waals surface area contributed by atoms with Crippen LogP contribution >= 0.6 is 11.6 Å². The van der Waals surface area contributed by atoms with E-state index in [1.54, 1.807) is 0 Å². The molecule has 0 saturated heterocycles. The van der Waals surface area contributed by atoms with E-state index in [4.69, 9.17) is 17.3 Å². The monoisotopic (exact) mass is 232 g/mol. The number of aliphatic hydroxyl groups excluding tert-OH is 2. The maximum Gasteiger partial charge on any atom is 0.266 e. The first-order valence-electron chi connectivity index (χ1n) is 4.50. The molecule has 1 aromatic heterocycles. The number of nitrogens with two attached hydrogens (primary N) is 1. The zero-order chi connectivity index (χ0) is 11.4. The van der Waals surface area contributed by atoms with Crippen molar-refractivity contribution in [3.05, 3.63) is 33.2 Å². The fourth-order valence-electron chi connectivity index (χ4n) is 1.19. The van der Waals surface area contributed by atoms with Crippen molar-refractivity contribution in [2.75, 3.05) is 6.54 Å². The third kappa shape index (κ3) is 3.04. The van der Waals surface area contributed by atoms with Gasteiger partial charge in [0.1, 0.15) is 11.1 Å². The molecular weight excluding hydrogens is 220 g/mol. The van der Waals surface area contributed by atoms with E-state index in [1.807, 2.05) is 0 Å². The van der Waals surface area contributed by atoms with Crippen LogP contribution < -0.4 is 11.3 Å². The highest BCUT2D eigenvalue weighted by atomic mass is 35.5. The maximum atomic E-state index is 10.9. The summed E-state index contributed by atoms with van der Waals surface area (Å²) in [7, 11) is 0. The van der Waals surface area contributed by atoms with E-state index in [-0.39, 0.29) is 18.0 Å². The number of hydrogen-bond donors (Lipinski definition) is 4. The van der Waals surface area contributed by atoms with Gasteiger partial charge in [0.05, 0.1) is 6.10 Å². The van der Waals surface area contributed by atoms with Crippen molar-refractivity contribution in [3.63, 3.8) is 0 Å². The normalized spacial score (nSPS) is 14.9. The number of aromatic amines is 1. The van der Waals surface area contributed by atoms with E-state index in [0.717, 1.165) is 0 Å². The molecule has 5 N–H and O–H groups in total. The van der Waals surface area contributed by atoms with Gasteiger partial charge in [-0.3, -0.25) is 4.79 Å². The summed E-state index contributed by atoms with van der Waals surface area (Å²) in [5, 5.41) is 19.1. The molecule has 0 bridgehead atoms. The largest absolute Gasteiger partial charge is 0.390 e. The number of pyridine rings is 1. The molecule has 1 aromatic rings. The summed E-state index contributed by atoms with van der Waals surface area (Å²) in [6.45, 7) is 0.273. The van der Waals surface area contributed by atoms with Crippen LogP contribution in [0.4, 0.5) is 0 Å². The van der Waals surface area contributed by atoms with Gasteiger partial charge >= 0.3 is 0 Å². The molecule has 0 amide bonds. The predicted octanol–water partition coefficient (Wildman–Crippen LogP) is -0.229. The number of halogens is 1. The predicted molar refractivity (Wildman–Crippen MR) is 56.7 cm³/mol. The van der Waals surface area contributed by atoms with Crippen LogP contribution in [0.5, 0.6) is 0 Å². The lowest BCUT2D eigenvalue weighted by Gasteiger charge is -2.17. The van der Waals surface area contributed by atoms with Gasteiger partial charge in [-0.15, -0.1) is 0 Å². The number of nitrogens with one attached hydrogen (secondary N) is 1. The fraction of sp³-hybridized carbons (Fsp3) is 0.444. The highest BCUT2D eigenvalue weighted by molar-refractivity contribution is 6.30. The lowest BCUT2D eigenvalue weighted by molar-refractivity contribution is 0.0148. The molecule has 0 aliphatic heterocycles. The molecule has 6 heteroatoms. The number of aromatic nitrogens is 1. The summed E-state index contributed by atoms with van der Waals surface area (Å²) >= 11 is 5.58. The zero-order valence-corrected chi connectivity index (χ0v) is 8.74. The molecule has 0 aliphatic rings. The van der Waals surface area contributed by atoms with Crippen LogP contribution in [0.15, 0.2) is 17.1 Å². The number of aliphatic hydroxyl groups is 2. The smallest absolute Gasteiger partial charge is 0.266 e. The molecule has 0 aromatic carbocycles. The van der Waals surface area contributed by atoms with Gasteiger partial charge < -0.3 is 20.9 Å². The van der Waals surface area contributed by atoms with Crippen molar-refractivity contribution in [1.82, 2.24) is 4.98 Å². The third-order valence-electron chi connectivity index (χ3n) is 2.05. The van der Waals surface area contributed by atoms with Gasteiger partial charge in [-0.05, 0) is 19.0 Å². The summed E-state index contributed by atoms with van der Waals surface area (Å²) in [4.78, 5) is 13.3. The molecule has 5 nitrogen and oxygen atoms in total. The van der Waals surface area contributed by atoms with Crippen LogP contribution in [0.3, 0.4) is 0 Å². The second-order valence-corrected chi connectivity index (χ2v) is 3.61. The summed E-state index contributed by atoms with van der Waals surface area (Å²) in [5.74, 6) is 0. The van der Waals surface area contributed by atoms with E-state index < -0.39 is 17.8 Å². The Morgan fingerprint density at radius 1 is 1.53 bits per heavy atom. The van der Waals surface area contributed by atoms with Crippen LogP contribution in [0.2, 0.25) is 5.02 Å². The average molecular weight is 233 g/mol. The second-order valence-electron chi connectivity index (χ2n) is 3.20. The minimum absolute atomic E-state index is 0.0218. The Bertz CT molecular complexity index is 380. The van der Waals surface area contributed by atoms with Crippen molar-refractivity contribution < 1.29 is 10.2 Å². The molecule has 0 fully saturated rings. The molecule has 2 atom stereocenters. The quantitative estimate of drug-likeness (QED) is 0.576. The first-order valence-corrected chi connectivity index (χ1v) is 4.88. The molecule has 2 unspecified atom stereocenters. The van der Waals surface area contributed by atoms with E-state index in [9.17, 15) is 15.0 Å². The number of H-pyrrole nitrogens is 1. The highest BCUT2D eigenvalue weighted by Crippen LogP contribution is 2.18. The first kappa shape index (κ1) is 12.2. The van der Waals surface area contributed by atoms with E-state index in [2.05, 4.69) is 4.98 Å². The second kappa shape index (κ2) is 5.27. The Labute approximate surface area is 91.5 Å². The Kier molecular flexibility index (Phi) is 4.28. The molecule has 84 valence electrons. The Morgan fingerprint density at radius 2 is 2.20 bits per heavy atom. The van der Waals surface area contributed by atoms with Crippen LogP contribution in [-0.4, -0.2) is 27.8 Å². The molecular formula is C9H13ClN2O3. The molecule has 1 rings (SSSR count). The maximum absolute atomic E-state index is 10.9. The van der Waals surface area contributed by atoms with Crippen LogP contribution in [0.25, 0.3) is 0 Å². The SMILES string of the molecule is NCCC(O)C(O)c1c[nH]c(=O)c(Cl)c1. The van der Waals surface area contributed by atoms with E-state index in [1.165, 1.54) is 12.3 Å². The van der Waals surface area contributed by atoms with Gasteiger partial charge in [0.15, 0.2) is 0 Å². The first-order chi connectivity index (χ1) is 7.06. The number of hydrogen-bond acceptors (Lipinski definition) is 4. The van der Waals surface area contributed by atoms with Gasteiger partial charge in [-0.25, -0.2) is 0 Å². The van der Waals surface area contributed by atoms with Crippen molar-refractivity contribution >= 4 is 11.6 Å². The Balaban J connectivity index is 2.86. The van der Waals surface area contributed by atoms with Gasteiger partial charge in [0, 0.05) is 11.8 Å². The van der Waals surface area contributed by atoms with Gasteiger partial charge in [-0.2, -0.15) is 0 Å². The number of rotatable bonds is 4. The summed E-state index contributed by atoms with van der Waals surface area (Å²) in [6, 6.07) is 1.32. The van der Waals surface area contributed by atoms with Gasteiger partial charge in [-0.1, -0.05) is 11.6 Å². The summed E-state index contributed by atoms with van der Waals surface area (Å²) in [6.07, 6.45) is -0.462. The van der Waals surface area contributed by atoms with Crippen LogP contribution in [0, 0.1) is 0 Å². The highest BCUT2D eigenvalue weighted by Gasteiger charge is 2.18. The molecule has 0 saturated carbocycles. The molecule has 0 aliphatic carbocycles. The molecule has 15 heavy (non-hydrogen) atoms. The van der Waals surface area contributed by atoms with Crippen molar-refractivity contribution in [3.8, 4) is 0 Å². The van der Waals surface area contributed by atoms with Crippen LogP contribution in [0.1, 0.15) is 18.1 Å². The Hall–Kier alpha value is -0.880. The van der Waals surface area contributed by atoms with Crippen molar-refractivity contribution in [1.29, 1.82) is 0 Å². The molecule has 0 spiro atoms. The summed E-state index contributed by atoms with van der Waals surface area (Å²) in [5.41, 5.74) is 5.18. The van der Waals surface area contributed by atoms with Gasteiger partial charge in [0.2, 0.25) is 0 Å². The molecule has 1 heterocycles. The van der Waals surface area contributed by atoms with E-state index >= 15 is 0 Å². The topological polar surface area (TPSA) is 99.3 Å². The minimum atomic E-state index is -1.09. The van der Waals surface area contributed by atoms with Crippen LogP contribution in [-0.2, 0) is 0 Å². The Morgan fingerprint density at radius 3 is 2.73 bits per heavy atom. The van der Waals surface area contributed by atoms with E-state index in [0.29, 0.717) is 5.56 Å². The average Bonchev–Trinajstić information content (AvgIpc) is 2.21. The summed E-state index contributed by atoms with van der Waals surface area (Å²) < 4.78 is 0. The lowest BCUT2D eigenvalue weighted by Crippen LogP contribution is -2.22. The third-order valence-corrected chi connectivity index (χ3v) is 2.33.